The number of aromatic nitrogens is 1. The van der Waals surface area contributed by atoms with Gasteiger partial charge in [0.25, 0.3) is 0 Å². The van der Waals surface area contributed by atoms with Gasteiger partial charge in [-0.3, -0.25) is 4.79 Å². The molecule has 0 atom stereocenters. The molecule has 1 aromatic heterocycles. The van der Waals surface area contributed by atoms with Gasteiger partial charge in [-0.1, -0.05) is 0 Å². The molecule has 0 saturated carbocycles. The molecule has 1 heterocycles. The number of ketones is 1. The van der Waals surface area contributed by atoms with Crippen molar-refractivity contribution in [3.05, 3.63) is 27.1 Å². The first-order chi connectivity index (χ1) is 6.00. The van der Waals surface area contributed by atoms with Gasteiger partial charge in [0.2, 0.25) is 0 Å². The average Bonchev–Trinajstić information content (AvgIpc) is 2.03. The van der Waals surface area contributed by atoms with Gasteiger partial charge in [-0.15, -0.1) is 0 Å². The Morgan fingerprint density at radius 2 is 2.08 bits per heavy atom. The third kappa shape index (κ3) is 2.48. The Morgan fingerprint density at radius 1 is 1.46 bits per heavy atom. The van der Waals surface area contributed by atoms with Crippen LogP contribution in [-0.4, -0.2) is 21.8 Å². The molecule has 13 heavy (non-hydrogen) atoms. The third-order valence-corrected chi connectivity index (χ3v) is 1.95. The van der Waals surface area contributed by atoms with Crippen LogP contribution in [0.4, 0.5) is 0 Å². The van der Waals surface area contributed by atoms with Crippen LogP contribution in [0, 0.1) is 3.70 Å². The zero-order valence-electron chi connectivity index (χ0n) is 6.74. The number of carbonyl (C=O) groups excluding carboxylic acids is 1. The quantitative estimate of drug-likeness (QED) is 0.510. The minimum absolute atomic E-state index is 0.0876. The fourth-order valence-corrected chi connectivity index (χ4v) is 1.40. The van der Waals surface area contributed by atoms with Gasteiger partial charge < -0.3 is 5.11 Å². The molecule has 5 heteroatoms. The normalized spacial score (nSPS) is 9.69. The summed E-state index contributed by atoms with van der Waals surface area (Å²) in [7, 11) is 0. The van der Waals surface area contributed by atoms with E-state index < -0.39 is 5.97 Å². The summed E-state index contributed by atoms with van der Waals surface area (Å²) in [4.78, 5) is 25.4. The Morgan fingerprint density at radius 3 is 2.54 bits per heavy atom. The lowest BCUT2D eigenvalue weighted by Gasteiger charge is -1.98. The topological polar surface area (TPSA) is 67.3 Å². The van der Waals surface area contributed by atoms with Crippen LogP contribution < -0.4 is 0 Å². The summed E-state index contributed by atoms with van der Waals surface area (Å²) < 4.78 is 0.503. The van der Waals surface area contributed by atoms with Gasteiger partial charge in [0.1, 0.15) is 9.39 Å². The van der Waals surface area contributed by atoms with Crippen LogP contribution in [0.15, 0.2) is 12.1 Å². The van der Waals surface area contributed by atoms with Crippen molar-refractivity contribution >= 4 is 34.3 Å². The lowest BCUT2D eigenvalue weighted by atomic mass is 10.2. The summed E-state index contributed by atoms with van der Waals surface area (Å²) in [6.07, 6.45) is 0. The summed E-state index contributed by atoms with van der Waals surface area (Å²) >= 11 is 1.87. The SMILES string of the molecule is CC(=O)c1cc(C(=O)O)cc(I)n1. The molecule has 1 aromatic rings. The molecule has 1 N–H and O–H groups in total. The summed E-state index contributed by atoms with van der Waals surface area (Å²) in [5, 5.41) is 8.67. The van der Waals surface area contributed by atoms with Crippen LogP contribution in [0.2, 0.25) is 0 Å². The Hall–Kier alpha value is -0.980. The number of rotatable bonds is 2. The van der Waals surface area contributed by atoms with Gasteiger partial charge in [0.15, 0.2) is 5.78 Å². The summed E-state index contributed by atoms with van der Waals surface area (Å²) in [6, 6.07) is 2.68. The highest BCUT2D eigenvalue weighted by Crippen LogP contribution is 2.09. The third-order valence-electron chi connectivity index (χ3n) is 1.40. The van der Waals surface area contributed by atoms with Crippen molar-refractivity contribution in [1.82, 2.24) is 4.98 Å². The number of nitrogens with zero attached hydrogens (tertiary/aromatic N) is 1. The van der Waals surface area contributed by atoms with Crippen molar-refractivity contribution in [1.29, 1.82) is 0 Å². The van der Waals surface area contributed by atoms with Crippen molar-refractivity contribution in [2.24, 2.45) is 0 Å². The molecule has 0 aromatic carbocycles. The number of hydrogen-bond acceptors (Lipinski definition) is 3. The lowest BCUT2D eigenvalue weighted by molar-refractivity contribution is 0.0696. The van der Waals surface area contributed by atoms with Crippen LogP contribution in [0.3, 0.4) is 0 Å². The molecule has 0 bridgehead atoms. The second-order valence-electron chi connectivity index (χ2n) is 2.43. The Balaban J connectivity index is 3.26. The molecule has 1 rings (SSSR count). The molecule has 0 saturated heterocycles. The van der Waals surface area contributed by atoms with Gasteiger partial charge in [-0.25, -0.2) is 9.78 Å². The van der Waals surface area contributed by atoms with E-state index in [4.69, 9.17) is 5.11 Å². The largest absolute Gasteiger partial charge is 0.478 e. The summed E-state index contributed by atoms with van der Waals surface area (Å²) in [5.74, 6) is -1.29. The maximum atomic E-state index is 10.9. The molecule has 0 aliphatic heterocycles. The second-order valence-corrected chi connectivity index (χ2v) is 3.53. The summed E-state index contributed by atoms with van der Waals surface area (Å²) in [5.41, 5.74) is 0.272. The van der Waals surface area contributed by atoms with Crippen molar-refractivity contribution in [2.45, 2.75) is 6.92 Å². The van der Waals surface area contributed by atoms with Crippen molar-refractivity contribution in [2.75, 3.05) is 0 Å². The highest BCUT2D eigenvalue weighted by Gasteiger charge is 2.09. The minimum Gasteiger partial charge on any atom is -0.478 e. The molecular weight excluding hydrogens is 285 g/mol. The van der Waals surface area contributed by atoms with E-state index in [0.717, 1.165) is 0 Å². The molecule has 4 nitrogen and oxygen atoms in total. The van der Waals surface area contributed by atoms with Crippen LogP contribution >= 0.6 is 22.6 Å². The van der Waals surface area contributed by atoms with Crippen LogP contribution in [0.1, 0.15) is 27.8 Å². The predicted molar refractivity (Wildman–Crippen MR) is 53.9 cm³/mol. The number of pyridine rings is 1. The monoisotopic (exact) mass is 291 g/mol. The highest BCUT2D eigenvalue weighted by atomic mass is 127. The smallest absolute Gasteiger partial charge is 0.335 e. The zero-order valence-corrected chi connectivity index (χ0v) is 8.90. The number of aromatic carboxylic acids is 1. The minimum atomic E-state index is -1.05. The molecule has 0 fully saturated rings. The van der Waals surface area contributed by atoms with Crippen molar-refractivity contribution in [3.8, 4) is 0 Å². The zero-order chi connectivity index (χ0) is 10.0. The molecule has 0 aliphatic carbocycles. The van der Waals surface area contributed by atoms with E-state index in [1.54, 1.807) is 0 Å². The van der Waals surface area contributed by atoms with Crippen LogP contribution in [0.5, 0.6) is 0 Å². The molecular formula is C8H6INO3. The highest BCUT2D eigenvalue weighted by molar-refractivity contribution is 14.1. The number of Topliss-reactive ketones (excluding diaryl/α,β-unsaturated/α-hetero) is 1. The Kier molecular flexibility index (Phi) is 2.97. The van der Waals surface area contributed by atoms with Gasteiger partial charge in [-0.05, 0) is 34.7 Å². The van der Waals surface area contributed by atoms with Crippen molar-refractivity contribution < 1.29 is 14.7 Å². The summed E-state index contributed by atoms with van der Waals surface area (Å²) in [6.45, 7) is 1.35. The van der Waals surface area contributed by atoms with Gasteiger partial charge in [-0.2, -0.15) is 0 Å². The average molecular weight is 291 g/mol. The maximum absolute atomic E-state index is 10.9. The van der Waals surface area contributed by atoms with E-state index in [9.17, 15) is 9.59 Å². The van der Waals surface area contributed by atoms with E-state index in [1.807, 2.05) is 22.6 Å². The lowest BCUT2D eigenvalue weighted by Crippen LogP contribution is -2.04. The fraction of sp³-hybridized carbons (Fsp3) is 0.125. The standard InChI is InChI=1S/C8H6INO3/c1-4(11)6-2-5(8(12)13)3-7(9)10-6/h2-3H,1H3,(H,12,13). The van der Waals surface area contributed by atoms with Gasteiger partial charge in [0.05, 0.1) is 5.56 Å². The molecule has 0 aliphatic rings. The Labute approximate surface area is 88.1 Å². The number of halogens is 1. The molecule has 68 valence electrons. The van der Waals surface area contributed by atoms with E-state index in [1.165, 1.54) is 19.1 Å². The number of carboxylic acid groups (broad SMARTS) is 1. The first-order valence-corrected chi connectivity index (χ1v) is 4.50. The first kappa shape index (κ1) is 10.1. The van der Waals surface area contributed by atoms with Gasteiger partial charge >= 0.3 is 5.97 Å². The fourth-order valence-electron chi connectivity index (χ4n) is 0.801. The first-order valence-electron chi connectivity index (χ1n) is 3.42. The van der Waals surface area contributed by atoms with E-state index in [-0.39, 0.29) is 17.0 Å². The Bertz CT molecular complexity index is 343. The van der Waals surface area contributed by atoms with Gasteiger partial charge in [0, 0.05) is 6.92 Å². The second kappa shape index (κ2) is 3.82. The van der Waals surface area contributed by atoms with E-state index >= 15 is 0 Å². The van der Waals surface area contributed by atoms with E-state index in [2.05, 4.69) is 4.98 Å². The number of hydrogen-bond donors (Lipinski definition) is 1. The van der Waals surface area contributed by atoms with Crippen LogP contribution in [-0.2, 0) is 0 Å². The van der Waals surface area contributed by atoms with Crippen LogP contribution in [0.25, 0.3) is 0 Å². The molecule has 0 spiro atoms. The van der Waals surface area contributed by atoms with Crippen molar-refractivity contribution in [3.63, 3.8) is 0 Å². The molecule has 0 radical (unpaired) electrons. The number of carbonyl (C=O) groups is 2. The maximum Gasteiger partial charge on any atom is 0.335 e. The molecule has 0 unspecified atom stereocenters. The van der Waals surface area contributed by atoms with E-state index in [0.29, 0.717) is 3.70 Å². The molecule has 0 amide bonds. The number of carboxylic acids is 1. The predicted octanol–water partition coefficient (Wildman–Crippen LogP) is 1.59.